The first-order chi connectivity index (χ1) is 8.58. The van der Waals surface area contributed by atoms with Crippen molar-refractivity contribution in [1.29, 1.82) is 0 Å². The highest BCUT2D eigenvalue weighted by Crippen LogP contribution is 2.24. The Balaban J connectivity index is 2.22. The second-order valence-electron chi connectivity index (χ2n) is 4.39. The number of aromatic nitrogens is 1. The zero-order valence-electron chi connectivity index (χ0n) is 10.2. The normalized spacial score (nSPS) is 12.4. The van der Waals surface area contributed by atoms with Gasteiger partial charge < -0.3 is 11.5 Å². The van der Waals surface area contributed by atoms with E-state index in [1.165, 1.54) is 5.56 Å². The Hall–Kier alpha value is -1.39. The number of rotatable bonds is 3. The summed E-state index contributed by atoms with van der Waals surface area (Å²) in [6.07, 6.45) is 4.17. The molecule has 0 saturated carbocycles. The van der Waals surface area contributed by atoms with Crippen LogP contribution in [0.2, 0.25) is 0 Å². The number of anilines is 1. The summed E-state index contributed by atoms with van der Waals surface area (Å²) in [5.41, 5.74) is 16.2. The van der Waals surface area contributed by atoms with Gasteiger partial charge in [0.1, 0.15) is 0 Å². The monoisotopic (exact) mass is 305 g/mol. The summed E-state index contributed by atoms with van der Waals surface area (Å²) in [6.45, 7) is 2.06. The molecule has 2 aromatic rings. The number of nitrogens with zero attached hydrogens (tertiary/aromatic N) is 1. The minimum Gasteiger partial charge on any atom is -0.398 e. The molecule has 3 nitrogen and oxygen atoms in total. The van der Waals surface area contributed by atoms with E-state index < -0.39 is 0 Å². The molecule has 4 N–H and O–H groups in total. The second kappa shape index (κ2) is 5.50. The molecule has 0 amide bonds. The first-order valence-electron chi connectivity index (χ1n) is 5.78. The molecule has 0 radical (unpaired) electrons. The lowest BCUT2D eigenvalue weighted by Gasteiger charge is -2.16. The zero-order chi connectivity index (χ0) is 13.1. The van der Waals surface area contributed by atoms with Gasteiger partial charge in [0, 0.05) is 28.6 Å². The Morgan fingerprint density at radius 2 is 2.11 bits per heavy atom. The van der Waals surface area contributed by atoms with E-state index in [-0.39, 0.29) is 6.04 Å². The highest BCUT2D eigenvalue weighted by Gasteiger charge is 2.11. The van der Waals surface area contributed by atoms with Crippen LogP contribution >= 0.6 is 15.9 Å². The van der Waals surface area contributed by atoms with Crippen molar-refractivity contribution >= 4 is 21.6 Å². The van der Waals surface area contributed by atoms with Crippen LogP contribution < -0.4 is 11.5 Å². The smallest absolute Gasteiger partial charge is 0.0378 e. The Kier molecular flexibility index (Phi) is 3.99. The molecule has 2 rings (SSSR count). The van der Waals surface area contributed by atoms with Crippen molar-refractivity contribution in [2.24, 2.45) is 5.73 Å². The number of benzene rings is 1. The number of hydrogen-bond donors (Lipinski definition) is 2. The number of hydrogen-bond acceptors (Lipinski definition) is 3. The summed E-state index contributed by atoms with van der Waals surface area (Å²) in [6, 6.07) is 7.87. The fourth-order valence-corrected chi connectivity index (χ4v) is 2.49. The summed E-state index contributed by atoms with van der Waals surface area (Å²) in [5, 5.41) is 0. The molecule has 18 heavy (non-hydrogen) atoms. The third-order valence-corrected chi connectivity index (χ3v) is 3.51. The van der Waals surface area contributed by atoms with Crippen LogP contribution in [0, 0.1) is 6.92 Å². The van der Waals surface area contributed by atoms with E-state index >= 15 is 0 Å². The van der Waals surface area contributed by atoms with Crippen LogP contribution in [0.15, 0.2) is 41.1 Å². The Bertz CT molecular complexity index is 554. The second-order valence-corrected chi connectivity index (χ2v) is 5.30. The van der Waals surface area contributed by atoms with Crippen LogP contribution in [0.3, 0.4) is 0 Å². The van der Waals surface area contributed by atoms with Crippen LogP contribution in [-0.2, 0) is 6.42 Å². The number of nitrogen functional groups attached to an aromatic ring is 1. The topological polar surface area (TPSA) is 64.9 Å². The van der Waals surface area contributed by atoms with Crippen molar-refractivity contribution in [3.05, 3.63) is 57.8 Å². The van der Waals surface area contributed by atoms with Gasteiger partial charge in [-0.3, -0.25) is 4.98 Å². The predicted molar refractivity (Wildman–Crippen MR) is 78.2 cm³/mol. The van der Waals surface area contributed by atoms with Gasteiger partial charge in [-0.1, -0.05) is 22.0 Å². The summed E-state index contributed by atoms with van der Waals surface area (Å²) in [4.78, 5) is 4.09. The molecular formula is C14H16BrN3. The van der Waals surface area contributed by atoms with Gasteiger partial charge in [-0.15, -0.1) is 0 Å². The van der Waals surface area contributed by atoms with Gasteiger partial charge in [0.25, 0.3) is 0 Å². The molecule has 1 heterocycles. The van der Waals surface area contributed by atoms with Crippen molar-refractivity contribution in [1.82, 2.24) is 4.98 Å². The molecule has 94 valence electrons. The molecule has 0 aliphatic heterocycles. The quantitative estimate of drug-likeness (QED) is 0.916. The average Bonchev–Trinajstić information content (AvgIpc) is 2.32. The molecule has 0 aliphatic carbocycles. The van der Waals surface area contributed by atoms with E-state index in [2.05, 4.69) is 40.0 Å². The van der Waals surface area contributed by atoms with Gasteiger partial charge in [0.2, 0.25) is 0 Å². The lowest BCUT2D eigenvalue weighted by atomic mass is 9.96. The van der Waals surface area contributed by atoms with E-state index in [0.717, 1.165) is 21.3 Å². The molecule has 0 saturated heterocycles. The largest absolute Gasteiger partial charge is 0.398 e. The maximum atomic E-state index is 6.25. The highest BCUT2D eigenvalue weighted by molar-refractivity contribution is 9.10. The highest BCUT2D eigenvalue weighted by atomic mass is 79.9. The van der Waals surface area contributed by atoms with Crippen LogP contribution in [0.4, 0.5) is 5.69 Å². The molecule has 1 unspecified atom stereocenters. The van der Waals surface area contributed by atoms with E-state index in [4.69, 9.17) is 11.5 Å². The number of aryl methyl sites for hydroxylation is 1. The lowest BCUT2D eigenvalue weighted by Crippen LogP contribution is -2.15. The molecule has 1 aromatic heterocycles. The number of pyridine rings is 1. The van der Waals surface area contributed by atoms with Crippen molar-refractivity contribution in [3.8, 4) is 0 Å². The Morgan fingerprint density at radius 1 is 1.33 bits per heavy atom. The van der Waals surface area contributed by atoms with Gasteiger partial charge >= 0.3 is 0 Å². The number of halogens is 1. The molecule has 4 heteroatoms. The molecule has 1 aromatic carbocycles. The Morgan fingerprint density at radius 3 is 2.78 bits per heavy atom. The lowest BCUT2D eigenvalue weighted by molar-refractivity contribution is 0.715. The average molecular weight is 306 g/mol. The van der Waals surface area contributed by atoms with E-state index in [0.29, 0.717) is 6.42 Å². The van der Waals surface area contributed by atoms with Gasteiger partial charge in [0.05, 0.1) is 0 Å². The minimum atomic E-state index is -0.0652. The van der Waals surface area contributed by atoms with E-state index in [1.54, 1.807) is 18.5 Å². The van der Waals surface area contributed by atoms with Crippen molar-refractivity contribution in [2.45, 2.75) is 19.4 Å². The van der Waals surface area contributed by atoms with E-state index in [9.17, 15) is 0 Å². The van der Waals surface area contributed by atoms with Crippen molar-refractivity contribution < 1.29 is 0 Å². The van der Waals surface area contributed by atoms with Crippen LogP contribution in [0.5, 0.6) is 0 Å². The maximum absolute atomic E-state index is 6.25. The van der Waals surface area contributed by atoms with Crippen LogP contribution in [-0.4, -0.2) is 4.98 Å². The molecule has 0 aliphatic rings. The standard InChI is InChI=1S/C14H16BrN3/c1-9-6-11(15)2-3-12(9)14(17)7-10-8-18-5-4-13(10)16/h2-6,8,14H,7,17H2,1H3,(H2,16,18). The fourth-order valence-electron chi connectivity index (χ4n) is 2.01. The van der Waals surface area contributed by atoms with Crippen molar-refractivity contribution in [3.63, 3.8) is 0 Å². The minimum absolute atomic E-state index is 0.0652. The van der Waals surface area contributed by atoms with Crippen LogP contribution in [0.25, 0.3) is 0 Å². The zero-order valence-corrected chi connectivity index (χ0v) is 11.8. The third kappa shape index (κ3) is 2.89. The van der Waals surface area contributed by atoms with Crippen molar-refractivity contribution in [2.75, 3.05) is 5.73 Å². The van der Waals surface area contributed by atoms with Gasteiger partial charge in [-0.25, -0.2) is 0 Å². The molecule has 0 spiro atoms. The summed E-state index contributed by atoms with van der Waals surface area (Å²) < 4.78 is 1.07. The maximum Gasteiger partial charge on any atom is 0.0378 e. The number of nitrogens with two attached hydrogens (primary N) is 2. The fraction of sp³-hybridized carbons (Fsp3) is 0.214. The molecule has 0 bridgehead atoms. The predicted octanol–water partition coefficient (Wildman–Crippen LogP) is 2.98. The molecule has 0 fully saturated rings. The SMILES string of the molecule is Cc1cc(Br)ccc1C(N)Cc1cnccc1N. The molecular weight excluding hydrogens is 290 g/mol. The van der Waals surface area contributed by atoms with Gasteiger partial charge in [0.15, 0.2) is 0 Å². The van der Waals surface area contributed by atoms with Crippen LogP contribution in [0.1, 0.15) is 22.7 Å². The van der Waals surface area contributed by atoms with Gasteiger partial charge in [-0.05, 0) is 48.2 Å². The van der Waals surface area contributed by atoms with E-state index in [1.807, 2.05) is 6.07 Å². The van der Waals surface area contributed by atoms with Gasteiger partial charge in [-0.2, -0.15) is 0 Å². The summed E-state index contributed by atoms with van der Waals surface area (Å²) >= 11 is 3.45. The third-order valence-electron chi connectivity index (χ3n) is 3.01. The Labute approximate surface area is 115 Å². The first kappa shape index (κ1) is 13.1. The summed E-state index contributed by atoms with van der Waals surface area (Å²) in [5.74, 6) is 0. The first-order valence-corrected chi connectivity index (χ1v) is 6.57. The summed E-state index contributed by atoms with van der Waals surface area (Å²) in [7, 11) is 0. The molecule has 1 atom stereocenters.